The standard InChI is InChI=1S/C13H17N3O/c14-13(6-2-1-3-7-13)12-15-9-10-11(17)5-4-8-16(10)12/h4-5,8-9,17H,1-3,6-7,14H2. The normalized spacial score (nSPS) is 19.6. The van der Waals surface area contributed by atoms with E-state index in [4.69, 9.17) is 5.73 Å². The molecule has 0 saturated heterocycles. The molecule has 2 aromatic rings. The Bertz CT molecular complexity index is 541. The van der Waals surface area contributed by atoms with Gasteiger partial charge in [-0.1, -0.05) is 19.3 Å². The maximum atomic E-state index is 9.77. The molecule has 0 atom stereocenters. The quantitative estimate of drug-likeness (QED) is 0.790. The monoisotopic (exact) mass is 231 g/mol. The number of imidazole rings is 1. The van der Waals surface area contributed by atoms with Crippen molar-refractivity contribution in [2.24, 2.45) is 5.73 Å². The first-order valence-electron chi connectivity index (χ1n) is 6.15. The van der Waals surface area contributed by atoms with Crippen LogP contribution in [0.5, 0.6) is 5.75 Å². The zero-order valence-electron chi connectivity index (χ0n) is 9.76. The molecule has 1 fully saturated rings. The molecular weight excluding hydrogens is 214 g/mol. The van der Waals surface area contributed by atoms with Gasteiger partial charge in [0.25, 0.3) is 0 Å². The zero-order chi connectivity index (χ0) is 11.9. The average molecular weight is 231 g/mol. The summed E-state index contributed by atoms with van der Waals surface area (Å²) in [6, 6.07) is 3.49. The Balaban J connectivity index is 2.14. The number of aromatic hydroxyl groups is 1. The molecule has 3 N–H and O–H groups in total. The zero-order valence-corrected chi connectivity index (χ0v) is 9.76. The first-order valence-corrected chi connectivity index (χ1v) is 6.15. The van der Waals surface area contributed by atoms with Gasteiger partial charge in [-0.05, 0) is 25.0 Å². The molecule has 2 heterocycles. The van der Waals surface area contributed by atoms with E-state index in [2.05, 4.69) is 4.98 Å². The highest BCUT2D eigenvalue weighted by Crippen LogP contribution is 2.35. The van der Waals surface area contributed by atoms with Gasteiger partial charge in [0, 0.05) is 6.20 Å². The van der Waals surface area contributed by atoms with Crippen LogP contribution in [0.4, 0.5) is 0 Å². The predicted molar refractivity (Wildman–Crippen MR) is 65.8 cm³/mol. The van der Waals surface area contributed by atoms with Gasteiger partial charge in [-0.25, -0.2) is 4.98 Å². The van der Waals surface area contributed by atoms with E-state index in [1.807, 2.05) is 16.7 Å². The van der Waals surface area contributed by atoms with Gasteiger partial charge < -0.3 is 10.8 Å². The third-order valence-corrected chi connectivity index (χ3v) is 3.74. The molecule has 0 unspecified atom stereocenters. The molecule has 1 aliphatic carbocycles. The van der Waals surface area contributed by atoms with Crippen molar-refractivity contribution in [3.63, 3.8) is 0 Å². The van der Waals surface area contributed by atoms with E-state index < -0.39 is 0 Å². The number of pyridine rings is 1. The summed E-state index contributed by atoms with van der Waals surface area (Å²) in [7, 11) is 0. The Labute approximate surface area is 100 Å². The van der Waals surface area contributed by atoms with Crippen molar-refractivity contribution in [3.05, 3.63) is 30.4 Å². The van der Waals surface area contributed by atoms with Crippen molar-refractivity contribution < 1.29 is 5.11 Å². The minimum atomic E-state index is -0.335. The van der Waals surface area contributed by atoms with Gasteiger partial charge in [0.05, 0.1) is 11.7 Å². The summed E-state index contributed by atoms with van der Waals surface area (Å²) >= 11 is 0. The predicted octanol–water partition coefficient (Wildman–Crippen LogP) is 2.16. The van der Waals surface area contributed by atoms with Crippen LogP contribution in [0.3, 0.4) is 0 Å². The van der Waals surface area contributed by atoms with Gasteiger partial charge in [-0.2, -0.15) is 0 Å². The lowest BCUT2D eigenvalue weighted by atomic mass is 9.82. The summed E-state index contributed by atoms with van der Waals surface area (Å²) in [6.07, 6.45) is 9.14. The van der Waals surface area contributed by atoms with Gasteiger partial charge >= 0.3 is 0 Å². The Morgan fingerprint density at radius 1 is 1.29 bits per heavy atom. The summed E-state index contributed by atoms with van der Waals surface area (Å²) in [5, 5.41) is 9.77. The first-order chi connectivity index (χ1) is 8.21. The van der Waals surface area contributed by atoms with Crippen molar-refractivity contribution in [2.45, 2.75) is 37.6 Å². The van der Waals surface area contributed by atoms with Crippen molar-refractivity contribution in [1.29, 1.82) is 0 Å². The van der Waals surface area contributed by atoms with Crippen molar-refractivity contribution in [3.8, 4) is 5.75 Å². The molecule has 0 aliphatic heterocycles. The minimum Gasteiger partial charge on any atom is -0.506 e. The van der Waals surface area contributed by atoms with E-state index in [-0.39, 0.29) is 11.3 Å². The SMILES string of the molecule is NC1(c2ncc3c(O)cccn23)CCCCC1. The molecule has 3 rings (SSSR count). The minimum absolute atomic E-state index is 0.255. The topological polar surface area (TPSA) is 63.5 Å². The molecule has 0 aromatic carbocycles. The number of rotatable bonds is 1. The lowest BCUT2D eigenvalue weighted by Gasteiger charge is -2.32. The largest absolute Gasteiger partial charge is 0.506 e. The lowest BCUT2D eigenvalue weighted by molar-refractivity contribution is 0.286. The van der Waals surface area contributed by atoms with E-state index >= 15 is 0 Å². The highest BCUT2D eigenvalue weighted by molar-refractivity contribution is 5.58. The van der Waals surface area contributed by atoms with Gasteiger partial charge in [0.2, 0.25) is 0 Å². The van der Waals surface area contributed by atoms with Crippen LogP contribution in [0.1, 0.15) is 37.9 Å². The van der Waals surface area contributed by atoms with Crippen LogP contribution < -0.4 is 5.73 Å². The summed E-state index contributed by atoms with van der Waals surface area (Å²) < 4.78 is 1.92. The number of nitrogens with two attached hydrogens (primary N) is 1. The number of aromatic nitrogens is 2. The molecule has 2 aromatic heterocycles. The van der Waals surface area contributed by atoms with E-state index in [0.29, 0.717) is 0 Å². The second-order valence-electron chi connectivity index (χ2n) is 4.95. The van der Waals surface area contributed by atoms with Gasteiger partial charge in [0.1, 0.15) is 17.1 Å². The molecule has 4 heteroatoms. The average Bonchev–Trinajstić information content (AvgIpc) is 2.76. The Kier molecular flexibility index (Phi) is 2.33. The highest BCUT2D eigenvalue weighted by Gasteiger charge is 2.33. The Morgan fingerprint density at radius 2 is 2.06 bits per heavy atom. The van der Waals surface area contributed by atoms with Crippen LogP contribution in [-0.4, -0.2) is 14.5 Å². The van der Waals surface area contributed by atoms with Crippen LogP contribution in [0, 0.1) is 0 Å². The third-order valence-electron chi connectivity index (χ3n) is 3.74. The number of hydrogen-bond acceptors (Lipinski definition) is 3. The van der Waals surface area contributed by atoms with Crippen molar-refractivity contribution >= 4 is 5.52 Å². The molecule has 1 saturated carbocycles. The van der Waals surface area contributed by atoms with E-state index in [1.54, 1.807) is 12.3 Å². The van der Waals surface area contributed by atoms with Crippen molar-refractivity contribution in [1.82, 2.24) is 9.38 Å². The number of hydrogen-bond donors (Lipinski definition) is 2. The maximum Gasteiger partial charge on any atom is 0.141 e. The Morgan fingerprint density at radius 3 is 2.82 bits per heavy atom. The van der Waals surface area contributed by atoms with Crippen LogP contribution in [0.15, 0.2) is 24.5 Å². The molecule has 0 bridgehead atoms. The summed E-state index contributed by atoms with van der Waals surface area (Å²) in [4.78, 5) is 4.43. The van der Waals surface area contributed by atoms with E-state index in [0.717, 1.165) is 37.0 Å². The molecule has 1 aliphatic rings. The fraction of sp³-hybridized carbons (Fsp3) is 0.462. The van der Waals surface area contributed by atoms with Gasteiger partial charge in [-0.3, -0.25) is 4.40 Å². The Hall–Kier alpha value is -1.55. The fourth-order valence-corrected chi connectivity index (χ4v) is 2.78. The van der Waals surface area contributed by atoms with Gasteiger partial charge in [-0.15, -0.1) is 0 Å². The fourth-order valence-electron chi connectivity index (χ4n) is 2.78. The molecule has 0 radical (unpaired) electrons. The van der Waals surface area contributed by atoms with Crippen molar-refractivity contribution in [2.75, 3.05) is 0 Å². The molecular formula is C13H17N3O. The smallest absolute Gasteiger partial charge is 0.141 e. The summed E-state index contributed by atoms with van der Waals surface area (Å²) in [5.41, 5.74) is 6.88. The third kappa shape index (κ3) is 1.60. The molecule has 0 spiro atoms. The highest BCUT2D eigenvalue weighted by atomic mass is 16.3. The number of fused-ring (bicyclic) bond motifs is 1. The van der Waals surface area contributed by atoms with Gasteiger partial charge in [0.15, 0.2) is 0 Å². The molecule has 0 amide bonds. The lowest BCUT2D eigenvalue weighted by Crippen LogP contribution is -2.40. The summed E-state index contributed by atoms with van der Waals surface area (Å²) in [5.74, 6) is 1.13. The van der Waals surface area contributed by atoms with Crippen LogP contribution in [0.25, 0.3) is 5.52 Å². The van der Waals surface area contributed by atoms with Crippen LogP contribution in [0.2, 0.25) is 0 Å². The van der Waals surface area contributed by atoms with E-state index in [9.17, 15) is 5.11 Å². The second kappa shape index (κ2) is 3.74. The number of nitrogens with zero attached hydrogens (tertiary/aromatic N) is 2. The first kappa shape index (κ1) is 10.6. The maximum absolute atomic E-state index is 9.77. The van der Waals surface area contributed by atoms with Crippen LogP contribution >= 0.6 is 0 Å². The summed E-state index contributed by atoms with van der Waals surface area (Å²) in [6.45, 7) is 0. The molecule has 4 nitrogen and oxygen atoms in total. The second-order valence-corrected chi connectivity index (χ2v) is 4.95. The molecule has 17 heavy (non-hydrogen) atoms. The van der Waals surface area contributed by atoms with E-state index in [1.165, 1.54) is 6.42 Å². The van der Waals surface area contributed by atoms with Crippen LogP contribution in [-0.2, 0) is 5.54 Å². The molecule has 90 valence electrons.